The molecular weight excluding hydrogens is 432 g/mol. The van der Waals surface area contributed by atoms with Gasteiger partial charge in [0, 0.05) is 11.5 Å². The van der Waals surface area contributed by atoms with E-state index in [4.69, 9.17) is 4.74 Å². The molecule has 0 amide bonds. The Hall–Kier alpha value is -0.160. The fraction of sp³-hybridized carbons (Fsp3) is 0.786. The molecule has 4 heteroatoms. The highest BCUT2D eigenvalue weighted by Gasteiger charge is 2.38. The molecule has 2 rings (SSSR count). The zero-order valence-electron chi connectivity index (χ0n) is 20.9. The van der Waals surface area contributed by atoms with Gasteiger partial charge < -0.3 is 9.84 Å². The molecule has 2 nitrogen and oxygen atoms in total. The molecule has 184 valence electrons. The average Bonchev–Trinajstić information content (AvgIpc) is 3.28. The lowest BCUT2D eigenvalue weighted by Gasteiger charge is -2.32. The lowest BCUT2D eigenvalue weighted by Crippen LogP contribution is -2.30. The third kappa shape index (κ3) is 10.4. The SMILES string of the molecule is CCCCCCCCCC[C@H](OCc1ccccc1)[C@@H](O)CCCC1(C(C)C)SCCS1. The first-order valence-electron chi connectivity index (χ1n) is 13.2. The van der Waals surface area contributed by atoms with Crippen molar-refractivity contribution in [1.29, 1.82) is 0 Å². The number of hydrogen-bond acceptors (Lipinski definition) is 4. The summed E-state index contributed by atoms with van der Waals surface area (Å²) in [5.41, 5.74) is 1.19. The maximum atomic E-state index is 11.0. The summed E-state index contributed by atoms with van der Waals surface area (Å²) in [6, 6.07) is 10.4. The van der Waals surface area contributed by atoms with Crippen LogP contribution in [0.5, 0.6) is 0 Å². The van der Waals surface area contributed by atoms with Crippen LogP contribution in [0.1, 0.15) is 103 Å². The van der Waals surface area contributed by atoms with Crippen LogP contribution in [0.2, 0.25) is 0 Å². The molecule has 0 aromatic heterocycles. The minimum absolute atomic E-state index is 0.0471. The highest BCUT2D eigenvalue weighted by molar-refractivity contribution is 8.21. The Morgan fingerprint density at radius 3 is 2.12 bits per heavy atom. The van der Waals surface area contributed by atoms with Gasteiger partial charge in [-0.15, -0.1) is 23.5 Å². The summed E-state index contributed by atoms with van der Waals surface area (Å²) in [7, 11) is 0. The lowest BCUT2D eigenvalue weighted by atomic mass is 9.97. The zero-order valence-corrected chi connectivity index (χ0v) is 22.5. The smallest absolute Gasteiger partial charge is 0.0838 e. The van der Waals surface area contributed by atoms with Crippen molar-refractivity contribution in [2.45, 2.75) is 121 Å². The molecule has 32 heavy (non-hydrogen) atoms. The van der Waals surface area contributed by atoms with Gasteiger partial charge in [-0.3, -0.25) is 0 Å². The van der Waals surface area contributed by atoms with Crippen molar-refractivity contribution in [3.05, 3.63) is 35.9 Å². The van der Waals surface area contributed by atoms with Crippen LogP contribution in [0.3, 0.4) is 0 Å². The molecule has 1 aromatic carbocycles. The lowest BCUT2D eigenvalue weighted by molar-refractivity contribution is -0.0544. The van der Waals surface area contributed by atoms with E-state index < -0.39 is 0 Å². The second-order valence-corrected chi connectivity index (χ2v) is 12.8. The van der Waals surface area contributed by atoms with Gasteiger partial charge in [0.1, 0.15) is 0 Å². The van der Waals surface area contributed by atoms with Crippen molar-refractivity contribution >= 4 is 23.5 Å². The first-order chi connectivity index (χ1) is 15.6. The first-order valence-corrected chi connectivity index (χ1v) is 15.2. The summed E-state index contributed by atoms with van der Waals surface area (Å²) in [5, 5.41) is 11.0. The van der Waals surface area contributed by atoms with Crippen LogP contribution >= 0.6 is 23.5 Å². The number of aliphatic hydroxyl groups is 1. The van der Waals surface area contributed by atoms with Gasteiger partial charge in [-0.05, 0) is 37.2 Å². The van der Waals surface area contributed by atoms with Gasteiger partial charge in [-0.1, -0.05) is 102 Å². The molecule has 0 spiro atoms. The van der Waals surface area contributed by atoms with Crippen LogP contribution < -0.4 is 0 Å². The van der Waals surface area contributed by atoms with Gasteiger partial charge in [0.2, 0.25) is 0 Å². The van der Waals surface area contributed by atoms with Gasteiger partial charge in [0.15, 0.2) is 0 Å². The molecule has 1 N–H and O–H groups in total. The Labute approximate surface area is 207 Å². The third-order valence-corrected chi connectivity index (χ3v) is 10.9. The van der Waals surface area contributed by atoms with Crippen LogP contribution in [-0.4, -0.2) is 32.9 Å². The van der Waals surface area contributed by atoms with Gasteiger partial charge >= 0.3 is 0 Å². The van der Waals surface area contributed by atoms with Crippen LogP contribution in [0.25, 0.3) is 0 Å². The molecule has 1 heterocycles. The van der Waals surface area contributed by atoms with E-state index in [1.807, 2.05) is 6.07 Å². The van der Waals surface area contributed by atoms with Crippen LogP contribution in [0.15, 0.2) is 30.3 Å². The largest absolute Gasteiger partial charge is 0.390 e. The quantitative estimate of drug-likeness (QED) is 0.213. The van der Waals surface area contributed by atoms with Gasteiger partial charge in [0.05, 0.1) is 22.9 Å². The van der Waals surface area contributed by atoms with E-state index in [2.05, 4.69) is 68.6 Å². The second-order valence-electron chi connectivity index (χ2n) is 9.72. The molecule has 1 aliphatic heterocycles. The molecule has 2 atom stereocenters. The molecular formula is C28H48O2S2. The highest BCUT2D eigenvalue weighted by atomic mass is 32.2. The molecule has 1 aromatic rings. The van der Waals surface area contributed by atoms with Gasteiger partial charge in [-0.25, -0.2) is 0 Å². The normalized spacial score (nSPS) is 17.7. The maximum Gasteiger partial charge on any atom is 0.0838 e. The van der Waals surface area contributed by atoms with Crippen LogP contribution in [0, 0.1) is 5.92 Å². The van der Waals surface area contributed by atoms with Gasteiger partial charge in [-0.2, -0.15) is 0 Å². The second kappa shape index (κ2) is 16.5. The standard InChI is InChI=1S/C28H48O2S2/c1-4-5-6-7-8-9-10-14-19-27(30-23-25-16-12-11-13-17-25)26(29)18-15-20-28(24(2)3)31-21-22-32-28/h11-13,16-17,24,26-27,29H,4-10,14-15,18-23H2,1-3H3/t26-,27-/m0/s1. The van der Waals surface area contributed by atoms with E-state index in [0.29, 0.717) is 16.6 Å². The van der Waals surface area contributed by atoms with Crippen molar-refractivity contribution in [2.24, 2.45) is 5.92 Å². The Kier molecular flexibility index (Phi) is 14.4. The summed E-state index contributed by atoms with van der Waals surface area (Å²) < 4.78 is 6.64. The first kappa shape index (κ1) is 28.1. The third-order valence-electron chi connectivity index (χ3n) is 6.76. The number of hydrogen-bond donors (Lipinski definition) is 1. The fourth-order valence-electron chi connectivity index (χ4n) is 4.62. The minimum Gasteiger partial charge on any atom is -0.390 e. The molecule has 0 bridgehead atoms. The zero-order chi connectivity index (χ0) is 23.1. The number of aliphatic hydroxyl groups excluding tert-OH is 1. The molecule has 0 saturated carbocycles. The van der Waals surface area contributed by atoms with E-state index in [9.17, 15) is 5.11 Å². The van der Waals surface area contributed by atoms with Crippen LogP contribution in [-0.2, 0) is 11.3 Å². The van der Waals surface area contributed by atoms with E-state index in [0.717, 1.165) is 25.7 Å². The van der Waals surface area contributed by atoms with E-state index in [1.165, 1.54) is 68.4 Å². The van der Waals surface area contributed by atoms with Crippen LogP contribution in [0.4, 0.5) is 0 Å². The molecule has 1 fully saturated rings. The van der Waals surface area contributed by atoms with Crippen molar-refractivity contribution in [3.63, 3.8) is 0 Å². The highest BCUT2D eigenvalue weighted by Crippen LogP contribution is 2.52. The summed E-state index contributed by atoms with van der Waals surface area (Å²) in [6.07, 6.45) is 14.2. The molecule has 0 aliphatic carbocycles. The van der Waals surface area contributed by atoms with Crippen molar-refractivity contribution in [1.82, 2.24) is 0 Å². The Morgan fingerprint density at radius 1 is 0.875 bits per heavy atom. The number of rotatable bonds is 18. The summed E-state index contributed by atoms with van der Waals surface area (Å²) in [6.45, 7) is 7.59. The molecule has 1 saturated heterocycles. The molecule has 1 aliphatic rings. The predicted octanol–water partition coefficient (Wildman–Crippen LogP) is 8.47. The minimum atomic E-state index is -0.358. The maximum absolute atomic E-state index is 11.0. The van der Waals surface area contributed by atoms with E-state index >= 15 is 0 Å². The summed E-state index contributed by atoms with van der Waals surface area (Å²) >= 11 is 4.28. The number of benzene rings is 1. The monoisotopic (exact) mass is 480 g/mol. The Balaban J connectivity index is 1.77. The summed E-state index contributed by atoms with van der Waals surface area (Å²) in [5.74, 6) is 3.22. The Morgan fingerprint density at radius 2 is 1.50 bits per heavy atom. The van der Waals surface area contributed by atoms with Crippen molar-refractivity contribution < 1.29 is 9.84 Å². The van der Waals surface area contributed by atoms with Crippen molar-refractivity contribution in [2.75, 3.05) is 11.5 Å². The van der Waals surface area contributed by atoms with Crippen molar-refractivity contribution in [3.8, 4) is 0 Å². The van der Waals surface area contributed by atoms with E-state index in [1.54, 1.807) is 0 Å². The number of ether oxygens (including phenoxy) is 1. The topological polar surface area (TPSA) is 29.5 Å². The number of unbranched alkanes of at least 4 members (excludes halogenated alkanes) is 7. The predicted molar refractivity (Wildman–Crippen MR) is 145 cm³/mol. The Bertz CT molecular complexity index is 572. The number of thioether (sulfide) groups is 2. The molecule has 0 unspecified atom stereocenters. The summed E-state index contributed by atoms with van der Waals surface area (Å²) in [4.78, 5) is 0. The van der Waals surface area contributed by atoms with E-state index in [-0.39, 0.29) is 12.2 Å². The fourth-order valence-corrected chi connectivity index (χ4v) is 8.06. The van der Waals surface area contributed by atoms with Gasteiger partial charge in [0.25, 0.3) is 0 Å². The molecule has 0 radical (unpaired) electrons. The average molecular weight is 481 g/mol.